The molecule has 144 valence electrons. The number of piperidine rings is 1. The van der Waals surface area contributed by atoms with Gasteiger partial charge in [0.2, 0.25) is 11.0 Å². The van der Waals surface area contributed by atoms with Crippen LogP contribution in [-0.4, -0.2) is 39.8 Å². The van der Waals surface area contributed by atoms with Gasteiger partial charge in [-0.2, -0.15) is 0 Å². The molecule has 0 bridgehead atoms. The molecular formula is C20H26N4OS2. The maximum Gasteiger partial charge on any atom is 0.233 e. The Labute approximate surface area is 168 Å². The second-order valence-electron chi connectivity index (χ2n) is 7.59. The normalized spacial score (nSPS) is 22.3. The third kappa shape index (κ3) is 4.82. The van der Waals surface area contributed by atoms with Gasteiger partial charge in [0, 0.05) is 18.8 Å². The molecule has 2 fully saturated rings. The summed E-state index contributed by atoms with van der Waals surface area (Å²) in [6.07, 6.45) is 6.56. The second kappa shape index (κ2) is 8.61. The number of fused-ring (bicyclic) bond motifs is 1. The van der Waals surface area contributed by atoms with E-state index in [0.29, 0.717) is 5.75 Å². The molecule has 2 aromatic rings. The molecule has 1 aliphatic carbocycles. The zero-order valence-electron chi connectivity index (χ0n) is 15.7. The number of thioether (sulfide) groups is 1. The number of anilines is 2. The Hall–Kier alpha value is -1.60. The molecule has 0 unspecified atom stereocenters. The van der Waals surface area contributed by atoms with E-state index in [0.717, 1.165) is 40.1 Å². The number of nitrogens with zero attached hydrogens (tertiary/aromatic N) is 3. The van der Waals surface area contributed by atoms with E-state index in [-0.39, 0.29) is 5.91 Å². The highest BCUT2D eigenvalue weighted by Crippen LogP contribution is 2.36. The van der Waals surface area contributed by atoms with Gasteiger partial charge in [0.15, 0.2) is 4.34 Å². The first kappa shape index (κ1) is 18.7. The molecule has 4 rings (SSSR count). The molecule has 5 nitrogen and oxygen atoms in total. The fourth-order valence-corrected chi connectivity index (χ4v) is 5.88. The van der Waals surface area contributed by atoms with Crippen molar-refractivity contribution in [1.82, 2.24) is 15.1 Å². The third-order valence-corrected chi connectivity index (χ3v) is 7.60. The Bertz CT molecular complexity index is 794. The molecule has 1 N–H and O–H groups in total. The Morgan fingerprint density at radius 2 is 2.11 bits per heavy atom. The van der Waals surface area contributed by atoms with Crippen LogP contribution in [0.2, 0.25) is 0 Å². The molecule has 0 spiro atoms. The van der Waals surface area contributed by atoms with Gasteiger partial charge in [-0.3, -0.25) is 4.79 Å². The number of hydrogen-bond acceptors (Lipinski definition) is 6. The van der Waals surface area contributed by atoms with Crippen molar-refractivity contribution in [2.24, 2.45) is 11.8 Å². The van der Waals surface area contributed by atoms with Gasteiger partial charge < -0.3 is 10.2 Å². The largest absolute Gasteiger partial charge is 0.342 e. The van der Waals surface area contributed by atoms with Crippen LogP contribution in [0.4, 0.5) is 10.8 Å². The summed E-state index contributed by atoms with van der Waals surface area (Å²) in [5.41, 5.74) is 2.21. The van der Waals surface area contributed by atoms with Crippen molar-refractivity contribution < 1.29 is 4.79 Å². The number of aryl methyl sites for hydroxylation is 1. The number of amides is 1. The maximum absolute atomic E-state index is 12.6. The summed E-state index contributed by atoms with van der Waals surface area (Å²) in [6, 6.07) is 8.17. The van der Waals surface area contributed by atoms with Crippen LogP contribution in [0.5, 0.6) is 0 Å². The molecule has 1 saturated heterocycles. The van der Waals surface area contributed by atoms with Crippen molar-refractivity contribution in [3.05, 3.63) is 29.8 Å². The summed E-state index contributed by atoms with van der Waals surface area (Å²) in [5, 5.41) is 12.5. The van der Waals surface area contributed by atoms with Crippen molar-refractivity contribution in [3.8, 4) is 0 Å². The molecule has 1 aromatic carbocycles. The Kier molecular flexibility index (Phi) is 5.98. The SMILES string of the molecule is Cc1cccc(Nc2nnc(SCC(=O)N3CC[C@@H]4CCCC[C@@H]4C3)s2)c1. The van der Waals surface area contributed by atoms with Gasteiger partial charge in [0.05, 0.1) is 5.75 Å². The lowest BCUT2D eigenvalue weighted by Crippen LogP contribution is -2.45. The Morgan fingerprint density at radius 1 is 1.26 bits per heavy atom. The van der Waals surface area contributed by atoms with Crippen molar-refractivity contribution in [3.63, 3.8) is 0 Å². The summed E-state index contributed by atoms with van der Waals surface area (Å²) in [6.45, 7) is 3.95. The molecule has 1 saturated carbocycles. The first-order valence-electron chi connectivity index (χ1n) is 9.75. The van der Waals surface area contributed by atoms with Crippen LogP contribution in [0.25, 0.3) is 0 Å². The van der Waals surface area contributed by atoms with Crippen LogP contribution in [-0.2, 0) is 4.79 Å². The predicted octanol–water partition coefficient (Wildman–Crippen LogP) is 4.72. The quantitative estimate of drug-likeness (QED) is 0.733. The van der Waals surface area contributed by atoms with E-state index < -0.39 is 0 Å². The average molecular weight is 403 g/mol. The number of benzene rings is 1. The lowest BCUT2D eigenvalue weighted by molar-refractivity contribution is -0.131. The predicted molar refractivity (Wildman–Crippen MR) is 112 cm³/mol. The number of nitrogens with one attached hydrogen (secondary N) is 1. The minimum Gasteiger partial charge on any atom is -0.342 e. The van der Waals surface area contributed by atoms with Gasteiger partial charge in [-0.1, -0.05) is 54.5 Å². The monoisotopic (exact) mass is 402 g/mol. The van der Waals surface area contributed by atoms with E-state index >= 15 is 0 Å². The molecular weight excluding hydrogens is 376 g/mol. The van der Waals surface area contributed by atoms with Crippen molar-refractivity contribution in [1.29, 1.82) is 0 Å². The van der Waals surface area contributed by atoms with Crippen LogP contribution in [0.15, 0.2) is 28.6 Å². The highest BCUT2D eigenvalue weighted by molar-refractivity contribution is 8.01. The van der Waals surface area contributed by atoms with Crippen LogP contribution in [0, 0.1) is 18.8 Å². The molecule has 2 heterocycles. The highest BCUT2D eigenvalue weighted by Gasteiger charge is 2.32. The third-order valence-electron chi connectivity index (χ3n) is 5.64. The molecule has 1 aliphatic heterocycles. The molecule has 0 radical (unpaired) electrons. The summed E-state index contributed by atoms with van der Waals surface area (Å²) < 4.78 is 0.839. The second-order valence-corrected chi connectivity index (χ2v) is 9.79. The number of rotatable bonds is 5. The summed E-state index contributed by atoms with van der Waals surface area (Å²) in [5.74, 6) is 2.28. The minimum atomic E-state index is 0.243. The molecule has 27 heavy (non-hydrogen) atoms. The van der Waals surface area contributed by atoms with Gasteiger partial charge in [-0.25, -0.2) is 0 Å². The van der Waals surface area contributed by atoms with Gasteiger partial charge in [0.1, 0.15) is 0 Å². The van der Waals surface area contributed by atoms with Crippen LogP contribution in [0.1, 0.15) is 37.7 Å². The smallest absolute Gasteiger partial charge is 0.233 e. The lowest BCUT2D eigenvalue weighted by Gasteiger charge is -2.41. The molecule has 1 amide bonds. The molecule has 2 aliphatic rings. The first-order valence-corrected chi connectivity index (χ1v) is 11.6. The van der Waals surface area contributed by atoms with Crippen LogP contribution < -0.4 is 5.32 Å². The van der Waals surface area contributed by atoms with E-state index in [1.807, 2.05) is 12.1 Å². The fourth-order valence-electron chi connectivity index (χ4n) is 4.21. The minimum absolute atomic E-state index is 0.243. The van der Waals surface area contributed by atoms with Gasteiger partial charge in [0.25, 0.3) is 0 Å². The summed E-state index contributed by atoms with van der Waals surface area (Å²) in [4.78, 5) is 14.7. The standard InChI is InChI=1S/C20H26N4OS2/c1-14-5-4-8-17(11-14)21-19-22-23-20(27-19)26-13-18(25)24-10-9-15-6-2-3-7-16(15)12-24/h4-5,8,11,15-16H,2-3,6-7,9-10,12-13H2,1H3,(H,21,22)/t15-,16+/m0/s1. The van der Waals surface area contributed by atoms with Crippen LogP contribution >= 0.6 is 23.1 Å². The average Bonchev–Trinajstić information content (AvgIpc) is 3.13. The number of likely N-dealkylation sites (tertiary alicyclic amines) is 1. The molecule has 2 atom stereocenters. The molecule has 7 heteroatoms. The number of aromatic nitrogens is 2. The summed E-state index contributed by atoms with van der Waals surface area (Å²) >= 11 is 3.00. The van der Waals surface area contributed by atoms with Gasteiger partial charge >= 0.3 is 0 Å². The maximum atomic E-state index is 12.6. The topological polar surface area (TPSA) is 58.1 Å². The van der Waals surface area contributed by atoms with Crippen molar-refractivity contribution in [2.75, 3.05) is 24.2 Å². The first-order chi connectivity index (χ1) is 13.2. The number of carbonyl (C=O) groups is 1. The molecule has 1 aromatic heterocycles. The van der Waals surface area contributed by atoms with E-state index in [2.05, 4.69) is 39.5 Å². The van der Waals surface area contributed by atoms with Gasteiger partial charge in [-0.15, -0.1) is 10.2 Å². The Balaban J connectivity index is 1.27. The summed E-state index contributed by atoms with van der Waals surface area (Å²) in [7, 11) is 0. The lowest BCUT2D eigenvalue weighted by atomic mass is 9.75. The number of carbonyl (C=O) groups excluding carboxylic acids is 1. The number of hydrogen-bond donors (Lipinski definition) is 1. The van der Waals surface area contributed by atoms with E-state index in [1.165, 1.54) is 60.8 Å². The zero-order chi connectivity index (χ0) is 18.6. The van der Waals surface area contributed by atoms with E-state index in [4.69, 9.17) is 0 Å². The Morgan fingerprint density at radius 3 is 2.96 bits per heavy atom. The van der Waals surface area contributed by atoms with Gasteiger partial charge in [-0.05, 0) is 49.3 Å². The van der Waals surface area contributed by atoms with Crippen LogP contribution in [0.3, 0.4) is 0 Å². The zero-order valence-corrected chi connectivity index (χ0v) is 17.3. The highest BCUT2D eigenvalue weighted by atomic mass is 32.2. The fraction of sp³-hybridized carbons (Fsp3) is 0.550. The van der Waals surface area contributed by atoms with E-state index in [9.17, 15) is 4.79 Å². The van der Waals surface area contributed by atoms with Crippen molar-refractivity contribution in [2.45, 2.75) is 43.4 Å². The van der Waals surface area contributed by atoms with Crippen molar-refractivity contribution >= 4 is 39.8 Å². The van der Waals surface area contributed by atoms with E-state index in [1.54, 1.807) is 0 Å².